The van der Waals surface area contributed by atoms with Crippen molar-refractivity contribution in [2.45, 2.75) is 72.8 Å². The minimum atomic E-state index is 0.691. The van der Waals surface area contributed by atoms with Crippen LogP contribution in [-0.4, -0.2) is 13.1 Å². The lowest BCUT2D eigenvalue weighted by molar-refractivity contribution is 0.259. The lowest BCUT2D eigenvalue weighted by Crippen LogP contribution is -2.34. The molecule has 1 nitrogen and oxygen atoms in total. The Morgan fingerprint density at radius 1 is 0.938 bits per heavy atom. The van der Waals surface area contributed by atoms with Crippen LogP contribution in [0.1, 0.15) is 66.7 Å². The molecule has 1 N–H and O–H groups in total. The normalized spacial score (nSPS) is 19.1. The van der Waals surface area contributed by atoms with E-state index in [-0.39, 0.29) is 0 Å². The molecule has 0 heterocycles. The van der Waals surface area contributed by atoms with E-state index in [4.69, 9.17) is 0 Å². The molecule has 0 aliphatic rings. The zero-order chi connectivity index (χ0) is 12.6. The Balaban J connectivity index is 3.90. The quantitative estimate of drug-likeness (QED) is 0.612. The highest BCUT2D eigenvalue weighted by atomic mass is 14.9. The third kappa shape index (κ3) is 5.89. The Morgan fingerprint density at radius 3 is 2.00 bits per heavy atom. The molecule has 0 aliphatic heterocycles. The van der Waals surface area contributed by atoms with Crippen LogP contribution in [0.25, 0.3) is 0 Å². The minimum Gasteiger partial charge on any atom is -0.317 e. The Kier molecular flexibility index (Phi) is 9.02. The summed E-state index contributed by atoms with van der Waals surface area (Å²) < 4.78 is 0. The molecule has 0 aromatic rings. The topological polar surface area (TPSA) is 12.0 Å². The van der Waals surface area contributed by atoms with Crippen LogP contribution < -0.4 is 5.32 Å². The van der Waals surface area contributed by atoms with Crippen LogP contribution in [0.4, 0.5) is 0 Å². The average molecular weight is 227 g/mol. The molecule has 0 aliphatic carbocycles. The lowest BCUT2D eigenvalue weighted by atomic mass is 9.83. The molecule has 98 valence electrons. The van der Waals surface area contributed by atoms with Gasteiger partial charge in [0.1, 0.15) is 0 Å². The SMILES string of the molecule is CCCC(C)CCC(C)C(C)C(CC)NC. The van der Waals surface area contributed by atoms with Gasteiger partial charge in [0.25, 0.3) is 0 Å². The first-order valence-corrected chi connectivity index (χ1v) is 7.23. The van der Waals surface area contributed by atoms with Gasteiger partial charge in [0.15, 0.2) is 0 Å². The summed E-state index contributed by atoms with van der Waals surface area (Å²) in [6.45, 7) is 11.8. The van der Waals surface area contributed by atoms with Gasteiger partial charge in [-0.3, -0.25) is 0 Å². The molecular weight excluding hydrogens is 194 g/mol. The standard InChI is InChI=1S/C15H33N/c1-7-9-12(3)10-11-13(4)14(5)15(8-2)16-6/h12-16H,7-11H2,1-6H3. The molecule has 0 saturated heterocycles. The first kappa shape index (κ1) is 16.0. The summed E-state index contributed by atoms with van der Waals surface area (Å²) >= 11 is 0. The van der Waals surface area contributed by atoms with Gasteiger partial charge in [-0.1, -0.05) is 60.3 Å². The van der Waals surface area contributed by atoms with E-state index in [0.717, 1.165) is 17.8 Å². The molecule has 0 spiro atoms. The highest BCUT2D eigenvalue weighted by Gasteiger charge is 2.20. The van der Waals surface area contributed by atoms with E-state index in [1.54, 1.807) is 0 Å². The van der Waals surface area contributed by atoms with Crippen LogP contribution in [-0.2, 0) is 0 Å². The maximum absolute atomic E-state index is 3.45. The Hall–Kier alpha value is -0.0400. The molecule has 16 heavy (non-hydrogen) atoms. The fraction of sp³-hybridized carbons (Fsp3) is 1.00. The van der Waals surface area contributed by atoms with Gasteiger partial charge in [-0.2, -0.15) is 0 Å². The molecule has 0 aromatic heterocycles. The number of hydrogen-bond donors (Lipinski definition) is 1. The average Bonchev–Trinajstić information content (AvgIpc) is 2.27. The van der Waals surface area contributed by atoms with Crippen molar-refractivity contribution in [2.24, 2.45) is 17.8 Å². The molecule has 4 unspecified atom stereocenters. The summed E-state index contributed by atoms with van der Waals surface area (Å²) in [5.74, 6) is 2.55. The molecule has 0 amide bonds. The van der Waals surface area contributed by atoms with Gasteiger partial charge < -0.3 is 5.32 Å². The zero-order valence-corrected chi connectivity index (χ0v) is 12.3. The van der Waals surface area contributed by atoms with E-state index in [2.05, 4.69) is 47.0 Å². The van der Waals surface area contributed by atoms with Crippen molar-refractivity contribution in [1.82, 2.24) is 5.32 Å². The third-order valence-electron chi connectivity index (χ3n) is 4.24. The van der Waals surface area contributed by atoms with Gasteiger partial charge in [-0.05, 0) is 31.2 Å². The summed E-state index contributed by atoms with van der Waals surface area (Å²) in [7, 11) is 2.09. The molecule has 0 fully saturated rings. The van der Waals surface area contributed by atoms with E-state index < -0.39 is 0 Å². The van der Waals surface area contributed by atoms with Crippen molar-refractivity contribution in [2.75, 3.05) is 7.05 Å². The monoisotopic (exact) mass is 227 g/mol. The first-order chi connectivity index (χ1) is 7.56. The van der Waals surface area contributed by atoms with Gasteiger partial charge in [0, 0.05) is 6.04 Å². The zero-order valence-electron chi connectivity index (χ0n) is 12.3. The Morgan fingerprint density at radius 2 is 1.56 bits per heavy atom. The molecule has 4 atom stereocenters. The van der Waals surface area contributed by atoms with Gasteiger partial charge in [-0.25, -0.2) is 0 Å². The van der Waals surface area contributed by atoms with E-state index in [9.17, 15) is 0 Å². The third-order valence-corrected chi connectivity index (χ3v) is 4.24. The van der Waals surface area contributed by atoms with Gasteiger partial charge in [0.2, 0.25) is 0 Å². The van der Waals surface area contributed by atoms with E-state index in [1.165, 1.54) is 32.1 Å². The highest BCUT2D eigenvalue weighted by molar-refractivity contribution is 4.75. The predicted octanol–water partition coefficient (Wildman–Crippen LogP) is 4.47. The summed E-state index contributed by atoms with van der Waals surface area (Å²) in [6.07, 6.45) is 6.76. The van der Waals surface area contributed by atoms with Crippen molar-refractivity contribution in [1.29, 1.82) is 0 Å². The summed E-state index contributed by atoms with van der Waals surface area (Å²) in [5, 5.41) is 3.45. The van der Waals surface area contributed by atoms with Gasteiger partial charge in [0.05, 0.1) is 0 Å². The smallest absolute Gasteiger partial charge is 0.00896 e. The maximum Gasteiger partial charge on any atom is 0.00896 e. The molecule has 0 rings (SSSR count). The second kappa shape index (κ2) is 9.04. The van der Waals surface area contributed by atoms with E-state index >= 15 is 0 Å². The van der Waals surface area contributed by atoms with Crippen LogP contribution in [0.2, 0.25) is 0 Å². The minimum absolute atomic E-state index is 0.691. The van der Waals surface area contributed by atoms with Gasteiger partial charge >= 0.3 is 0 Å². The molecule has 1 heteroatoms. The van der Waals surface area contributed by atoms with Crippen molar-refractivity contribution < 1.29 is 0 Å². The van der Waals surface area contributed by atoms with E-state index in [0.29, 0.717) is 6.04 Å². The summed E-state index contributed by atoms with van der Waals surface area (Å²) in [4.78, 5) is 0. The molecule has 0 aromatic carbocycles. The molecule has 0 bridgehead atoms. The Labute approximate surface area is 103 Å². The molecule has 0 radical (unpaired) electrons. The number of hydrogen-bond acceptors (Lipinski definition) is 1. The second-order valence-corrected chi connectivity index (χ2v) is 5.61. The van der Waals surface area contributed by atoms with Crippen LogP contribution in [0, 0.1) is 17.8 Å². The fourth-order valence-corrected chi connectivity index (χ4v) is 2.68. The van der Waals surface area contributed by atoms with Crippen molar-refractivity contribution in [3.63, 3.8) is 0 Å². The number of nitrogens with one attached hydrogen (secondary N) is 1. The van der Waals surface area contributed by atoms with E-state index in [1.807, 2.05) is 0 Å². The van der Waals surface area contributed by atoms with Crippen LogP contribution in [0.3, 0.4) is 0 Å². The highest BCUT2D eigenvalue weighted by Crippen LogP contribution is 2.24. The summed E-state index contributed by atoms with van der Waals surface area (Å²) in [6, 6.07) is 0.691. The second-order valence-electron chi connectivity index (χ2n) is 5.61. The fourth-order valence-electron chi connectivity index (χ4n) is 2.68. The van der Waals surface area contributed by atoms with Crippen LogP contribution in [0.5, 0.6) is 0 Å². The largest absolute Gasteiger partial charge is 0.317 e. The van der Waals surface area contributed by atoms with Crippen LogP contribution >= 0.6 is 0 Å². The van der Waals surface area contributed by atoms with Crippen molar-refractivity contribution in [3.8, 4) is 0 Å². The first-order valence-electron chi connectivity index (χ1n) is 7.23. The lowest BCUT2D eigenvalue weighted by Gasteiger charge is -2.28. The maximum atomic E-state index is 3.45. The number of rotatable bonds is 9. The van der Waals surface area contributed by atoms with Gasteiger partial charge in [-0.15, -0.1) is 0 Å². The predicted molar refractivity (Wildman–Crippen MR) is 74.8 cm³/mol. The molecular formula is C15H33N. The summed E-state index contributed by atoms with van der Waals surface area (Å²) in [5.41, 5.74) is 0. The Bertz CT molecular complexity index is 152. The van der Waals surface area contributed by atoms with Crippen LogP contribution in [0.15, 0.2) is 0 Å². The van der Waals surface area contributed by atoms with Crippen molar-refractivity contribution in [3.05, 3.63) is 0 Å². The molecule has 0 saturated carbocycles. The van der Waals surface area contributed by atoms with Crippen molar-refractivity contribution >= 4 is 0 Å².